The van der Waals surface area contributed by atoms with Crippen LogP contribution >= 0.6 is 0 Å². The van der Waals surface area contributed by atoms with E-state index in [1.807, 2.05) is 56.3 Å². The lowest BCUT2D eigenvalue weighted by atomic mass is 9.96. The maximum absolute atomic E-state index is 12.8. The molecule has 0 saturated carbocycles. The quantitative estimate of drug-likeness (QED) is 0.683. The Balaban J connectivity index is 1.77. The van der Waals surface area contributed by atoms with Crippen LogP contribution in [0.1, 0.15) is 29.8 Å². The summed E-state index contributed by atoms with van der Waals surface area (Å²) in [7, 11) is 0. The normalized spacial score (nSPS) is 11.8. The van der Waals surface area contributed by atoms with Gasteiger partial charge in [0.2, 0.25) is 5.91 Å². The molecule has 134 valence electrons. The number of hydrogen-bond donors (Lipinski definition) is 2. The third-order valence-electron chi connectivity index (χ3n) is 3.95. The highest BCUT2D eigenvalue weighted by atomic mass is 16.5. The number of H-pyrrole nitrogens is 1. The summed E-state index contributed by atoms with van der Waals surface area (Å²) in [5.74, 6) is 0.411. The molecule has 0 aliphatic heterocycles. The fourth-order valence-corrected chi connectivity index (χ4v) is 2.72. The van der Waals surface area contributed by atoms with Crippen LogP contribution in [0.2, 0.25) is 0 Å². The summed E-state index contributed by atoms with van der Waals surface area (Å²) < 4.78 is 5.42. The van der Waals surface area contributed by atoms with Crippen molar-refractivity contribution >= 4 is 11.6 Å². The van der Waals surface area contributed by atoms with E-state index in [1.54, 1.807) is 0 Å². The van der Waals surface area contributed by atoms with E-state index in [0.717, 1.165) is 16.9 Å². The number of tetrazole rings is 1. The van der Waals surface area contributed by atoms with E-state index in [1.165, 1.54) is 0 Å². The van der Waals surface area contributed by atoms with E-state index < -0.39 is 5.92 Å². The van der Waals surface area contributed by atoms with E-state index in [4.69, 9.17) is 4.74 Å². The van der Waals surface area contributed by atoms with Crippen molar-refractivity contribution in [2.24, 2.45) is 0 Å². The predicted octanol–water partition coefficient (Wildman–Crippen LogP) is 2.87. The average molecular weight is 351 g/mol. The Hall–Kier alpha value is -3.22. The Morgan fingerprint density at radius 2 is 2.04 bits per heavy atom. The zero-order valence-corrected chi connectivity index (χ0v) is 14.8. The molecule has 0 unspecified atom stereocenters. The molecule has 0 spiro atoms. The van der Waals surface area contributed by atoms with Gasteiger partial charge in [-0.3, -0.25) is 4.79 Å². The molecule has 0 fully saturated rings. The summed E-state index contributed by atoms with van der Waals surface area (Å²) in [5, 5.41) is 16.9. The van der Waals surface area contributed by atoms with Gasteiger partial charge in [0.25, 0.3) is 0 Å². The topological polar surface area (TPSA) is 92.8 Å². The van der Waals surface area contributed by atoms with Crippen LogP contribution in [0.4, 0.5) is 5.69 Å². The number of aromatic amines is 1. The number of amides is 1. The lowest BCUT2D eigenvalue weighted by Gasteiger charge is -2.14. The summed E-state index contributed by atoms with van der Waals surface area (Å²) in [5.41, 5.74) is 2.87. The lowest BCUT2D eigenvalue weighted by Crippen LogP contribution is -2.24. The Bertz CT molecular complexity index is 847. The Labute approximate surface area is 151 Å². The number of aromatic nitrogens is 4. The fraction of sp³-hybridized carbons (Fsp3) is 0.263. The first-order chi connectivity index (χ1) is 12.7. The largest absolute Gasteiger partial charge is 0.494 e. The van der Waals surface area contributed by atoms with Crippen molar-refractivity contribution < 1.29 is 9.53 Å². The van der Waals surface area contributed by atoms with Gasteiger partial charge >= 0.3 is 0 Å². The third-order valence-corrected chi connectivity index (χ3v) is 3.95. The van der Waals surface area contributed by atoms with Gasteiger partial charge in [0.15, 0.2) is 5.82 Å². The molecule has 0 saturated heterocycles. The van der Waals surface area contributed by atoms with E-state index in [-0.39, 0.29) is 5.91 Å². The summed E-state index contributed by atoms with van der Waals surface area (Å²) in [4.78, 5) is 12.8. The number of hydrogen-bond acceptors (Lipinski definition) is 5. The molecule has 7 nitrogen and oxygen atoms in total. The second kappa shape index (κ2) is 8.24. The van der Waals surface area contributed by atoms with Crippen LogP contribution in [0.5, 0.6) is 5.75 Å². The SMILES string of the molecule is CCOc1ccc(NC(=O)[C@H](Cc2cccc(C)c2)c2nn[nH]n2)cc1. The van der Waals surface area contributed by atoms with Gasteiger partial charge in [-0.2, -0.15) is 5.21 Å². The van der Waals surface area contributed by atoms with Crippen molar-refractivity contribution in [1.29, 1.82) is 0 Å². The number of carbonyl (C=O) groups excluding carboxylic acids is 1. The Morgan fingerprint density at radius 3 is 2.69 bits per heavy atom. The summed E-state index contributed by atoms with van der Waals surface area (Å²) >= 11 is 0. The number of nitrogens with one attached hydrogen (secondary N) is 2. The highest BCUT2D eigenvalue weighted by molar-refractivity contribution is 5.95. The minimum Gasteiger partial charge on any atom is -0.494 e. The van der Waals surface area contributed by atoms with E-state index in [0.29, 0.717) is 24.5 Å². The fourth-order valence-electron chi connectivity index (χ4n) is 2.72. The molecule has 0 aliphatic rings. The first kappa shape index (κ1) is 17.6. The summed E-state index contributed by atoms with van der Waals surface area (Å²) in [6.45, 7) is 4.55. The van der Waals surface area contributed by atoms with Crippen LogP contribution in [-0.2, 0) is 11.2 Å². The van der Waals surface area contributed by atoms with Crippen LogP contribution in [0, 0.1) is 6.92 Å². The van der Waals surface area contributed by atoms with E-state index >= 15 is 0 Å². The zero-order chi connectivity index (χ0) is 18.4. The monoisotopic (exact) mass is 351 g/mol. The molecule has 0 radical (unpaired) electrons. The number of rotatable bonds is 7. The molecule has 1 aromatic heterocycles. The van der Waals surface area contributed by atoms with Crippen molar-refractivity contribution in [3.63, 3.8) is 0 Å². The van der Waals surface area contributed by atoms with Gasteiger partial charge in [-0.25, -0.2) is 0 Å². The molecule has 3 aromatic rings. The van der Waals surface area contributed by atoms with Crippen molar-refractivity contribution in [3.8, 4) is 5.75 Å². The summed E-state index contributed by atoms with van der Waals surface area (Å²) in [6, 6.07) is 15.3. The van der Waals surface area contributed by atoms with Crippen LogP contribution in [0.3, 0.4) is 0 Å². The van der Waals surface area contributed by atoms with Gasteiger partial charge in [0.05, 0.1) is 6.61 Å². The molecule has 0 aliphatic carbocycles. The highest BCUT2D eigenvalue weighted by Gasteiger charge is 2.25. The Morgan fingerprint density at radius 1 is 1.23 bits per heavy atom. The number of nitrogens with zero attached hydrogens (tertiary/aromatic N) is 3. The van der Waals surface area contributed by atoms with E-state index in [2.05, 4.69) is 32.0 Å². The molecule has 7 heteroatoms. The smallest absolute Gasteiger partial charge is 0.235 e. The molecule has 1 heterocycles. The lowest BCUT2D eigenvalue weighted by molar-refractivity contribution is -0.117. The second-order valence-electron chi connectivity index (χ2n) is 5.96. The van der Waals surface area contributed by atoms with Gasteiger partial charge in [0, 0.05) is 5.69 Å². The molecule has 3 rings (SSSR count). The van der Waals surface area contributed by atoms with Crippen molar-refractivity contribution in [3.05, 3.63) is 65.5 Å². The number of carbonyl (C=O) groups is 1. The van der Waals surface area contributed by atoms with Crippen molar-refractivity contribution in [1.82, 2.24) is 20.6 Å². The van der Waals surface area contributed by atoms with Gasteiger partial charge < -0.3 is 10.1 Å². The number of benzene rings is 2. The van der Waals surface area contributed by atoms with Crippen LogP contribution < -0.4 is 10.1 Å². The van der Waals surface area contributed by atoms with Gasteiger partial charge in [-0.1, -0.05) is 35.0 Å². The molecular weight excluding hydrogens is 330 g/mol. The molecule has 1 atom stereocenters. The Kier molecular flexibility index (Phi) is 5.58. The molecular formula is C19H21N5O2. The number of anilines is 1. The average Bonchev–Trinajstić information content (AvgIpc) is 3.16. The molecule has 2 aromatic carbocycles. The van der Waals surface area contributed by atoms with Gasteiger partial charge in [-0.05, 0) is 50.1 Å². The number of ether oxygens (including phenoxy) is 1. The first-order valence-electron chi connectivity index (χ1n) is 8.48. The molecule has 2 N–H and O–H groups in total. The third kappa shape index (κ3) is 4.44. The molecule has 1 amide bonds. The maximum Gasteiger partial charge on any atom is 0.235 e. The van der Waals surface area contributed by atoms with Crippen molar-refractivity contribution in [2.45, 2.75) is 26.2 Å². The summed E-state index contributed by atoms with van der Waals surface area (Å²) in [6.07, 6.45) is 0.490. The van der Waals surface area contributed by atoms with Crippen LogP contribution in [-0.4, -0.2) is 33.1 Å². The predicted molar refractivity (Wildman–Crippen MR) is 98.0 cm³/mol. The number of aryl methyl sites for hydroxylation is 1. The van der Waals surface area contributed by atoms with Crippen LogP contribution in [0.15, 0.2) is 48.5 Å². The van der Waals surface area contributed by atoms with Crippen molar-refractivity contribution in [2.75, 3.05) is 11.9 Å². The van der Waals surface area contributed by atoms with Crippen LogP contribution in [0.25, 0.3) is 0 Å². The zero-order valence-electron chi connectivity index (χ0n) is 14.8. The maximum atomic E-state index is 12.8. The first-order valence-corrected chi connectivity index (χ1v) is 8.48. The molecule has 0 bridgehead atoms. The second-order valence-corrected chi connectivity index (χ2v) is 5.96. The van der Waals surface area contributed by atoms with E-state index in [9.17, 15) is 4.79 Å². The minimum absolute atomic E-state index is 0.183. The highest BCUT2D eigenvalue weighted by Crippen LogP contribution is 2.22. The van der Waals surface area contributed by atoms with Gasteiger partial charge in [-0.15, -0.1) is 10.2 Å². The standard InChI is InChI=1S/C19H21N5O2/c1-3-26-16-9-7-15(8-10-16)20-19(25)17(18-21-23-24-22-18)12-14-6-4-5-13(2)11-14/h4-11,17H,3,12H2,1-2H3,(H,20,25)(H,21,22,23,24)/t17-/m1/s1. The van der Waals surface area contributed by atoms with Gasteiger partial charge in [0.1, 0.15) is 11.7 Å². The molecule has 26 heavy (non-hydrogen) atoms. The minimum atomic E-state index is -0.540.